The van der Waals surface area contributed by atoms with Gasteiger partial charge in [-0.15, -0.1) is 0 Å². The first-order valence-electron chi connectivity index (χ1n) is 8.85. The molecule has 1 N–H and O–H groups in total. The number of benzene rings is 2. The maximum absolute atomic E-state index is 12.5. The zero-order chi connectivity index (χ0) is 18.5. The van der Waals surface area contributed by atoms with Gasteiger partial charge in [0.15, 0.2) is 0 Å². The first-order chi connectivity index (χ1) is 12.6. The van der Waals surface area contributed by atoms with Gasteiger partial charge in [0.1, 0.15) is 5.75 Å². The molecule has 2 atom stereocenters. The second kappa shape index (κ2) is 8.04. The molecule has 0 unspecified atom stereocenters. The van der Waals surface area contributed by atoms with E-state index in [-0.39, 0.29) is 30.1 Å². The molecule has 3 rings (SSSR count). The molecule has 0 aromatic heterocycles. The first kappa shape index (κ1) is 18.0. The van der Waals surface area contributed by atoms with Crippen LogP contribution in [-0.4, -0.2) is 32.0 Å². The van der Waals surface area contributed by atoms with Crippen LogP contribution < -0.4 is 15.0 Å². The number of carbonyl (C=O) groups is 2. The Kier molecular flexibility index (Phi) is 5.56. The molecule has 2 amide bonds. The molecule has 1 fully saturated rings. The molecule has 5 heteroatoms. The summed E-state index contributed by atoms with van der Waals surface area (Å²) in [6, 6.07) is 17.4. The molecule has 0 radical (unpaired) electrons. The molecule has 26 heavy (non-hydrogen) atoms. The van der Waals surface area contributed by atoms with E-state index in [4.69, 9.17) is 4.74 Å². The summed E-state index contributed by atoms with van der Waals surface area (Å²) in [5.41, 5.74) is 1.99. The third-order valence-electron chi connectivity index (χ3n) is 4.83. The number of nitrogens with zero attached hydrogens (tertiary/aromatic N) is 1. The number of amides is 2. The minimum atomic E-state index is -0.312. The summed E-state index contributed by atoms with van der Waals surface area (Å²) in [7, 11) is 1.60. The van der Waals surface area contributed by atoms with Gasteiger partial charge in [0, 0.05) is 25.2 Å². The van der Waals surface area contributed by atoms with E-state index in [0.29, 0.717) is 13.1 Å². The molecule has 136 valence electrons. The van der Waals surface area contributed by atoms with E-state index in [1.807, 2.05) is 42.5 Å². The fraction of sp³-hybridized carbons (Fsp3) is 0.333. The van der Waals surface area contributed by atoms with Gasteiger partial charge < -0.3 is 15.0 Å². The van der Waals surface area contributed by atoms with Crippen LogP contribution in [0.3, 0.4) is 0 Å². The molecule has 1 heterocycles. The van der Waals surface area contributed by atoms with Crippen molar-refractivity contribution >= 4 is 17.5 Å². The number of anilines is 1. The quantitative estimate of drug-likeness (QED) is 0.869. The van der Waals surface area contributed by atoms with E-state index in [2.05, 4.69) is 24.4 Å². The fourth-order valence-electron chi connectivity index (χ4n) is 3.19. The second-order valence-corrected chi connectivity index (χ2v) is 6.66. The van der Waals surface area contributed by atoms with Crippen LogP contribution in [-0.2, 0) is 9.59 Å². The third-order valence-corrected chi connectivity index (χ3v) is 4.83. The van der Waals surface area contributed by atoms with Gasteiger partial charge in [-0.25, -0.2) is 0 Å². The Morgan fingerprint density at radius 2 is 1.88 bits per heavy atom. The maximum Gasteiger partial charge on any atom is 0.227 e. The summed E-state index contributed by atoms with van der Waals surface area (Å²) in [4.78, 5) is 26.5. The molecule has 5 nitrogen and oxygen atoms in total. The molecule has 1 saturated heterocycles. The molecule has 2 aromatic carbocycles. The minimum absolute atomic E-state index is 0.0218. The summed E-state index contributed by atoms with van der Waals surface area (Å²) < 4.78 is 5.14. The van der Waals surface area contributed by atoms with Crippen molar-refractivity contribution < 1.29 is 14.3 Å². The summed E-state index contributed by atoms with van der Waals surface area (Å²) in [5, 5.41) is 3.00. The predicted octanol–water partition coefficient (Wildman–Crippen LogP) is 2.97. The van der Waals surface area contributed by atoms with Crippen LogP contribution in [0.25, 0.3) is 0 Å². The monoisotopic (exact) mass is 352 g/mol. The standard InChI is InChI=1S/C21H24N2O3/c1-15(16-6-4-3-5-7-16)13-22-21(25)17-12-20(24)23(14-17)18-8-10-19(26-2)11-9-18/h3-11,15,17H,12-14H2,1-2H3,(H,22,25)/t15-,17+/m0/s1. The summed E-state index contributed by atoms with van der Waals surface area (Å²) in [6.45, 7) is 3.06. The zero-order valence-corrected chi connectivity index (χ0v) is 15.1. The van der Waals surface area contributed by atoms with Gasteiger partial charge in [-0.2, -0.15) is 0 Å². The van der Waals surface area contributed by atoms with Gasteiger partial charge in [-0.1, -0.05) is 37.3 Å². The van der Waals surface area contributed by atoms with E-state index >= 15 is 0 Å². The van der Waals surface area contributed by atoms with Crippen molar-refractivity contribution in [3.63, 3.8) is 0 Å². The van der Waals surface area contributed by atoms with Crippen LogP contribution in [0.4, 0.5) is 5.69 Å². The molecule has 0 saturated carbocycles. The van der Waals surface area contributed by atoms with E-state index in [9.17, 15) is 9.59 Å². The van der Waals surface area contributed by atoms with Crippen LogP contribution in [0.1, 0.15) is 24.8 Å². The third kappa shape index (κ3) is 4.04. The summed E-state index contributed by atoms with van der Waals surface area (Å²) >= 11 is 0. The van der Waals surface area contributed by atoms with Gasteiger partial charge in [0.2, 0.25) is 11.8 Å². The van der Waals surface area contributed by atoms with Gasteiger partial charge in [-0.05, 0) is 35.7 Å². The van der Waals surface area contributed by atoms with E-state index in [1.54, 1.807) is 12.0 Å². The van der Waals surface area contributed by atoms with Crippen LogP contribution in [0.15, 0.2) is 54.6 Å². The Hall–Kier alpha value is -2.82. The largest absolute Gasteiger partial charge is 0.497 e. The Morgan fingerprint density at radius 3 is 2.54 bits per heavy atom. The highest BCUT2D eigenvalue weighted by atomic mass is 16.5. The minimum Gasteiger partial charge on any atom is -0.497 e. The summed E-state index contributed by atoms with van der Waals surface area (Å²) in [5.74, 6) is 0.579. The fourth-order valence-corrected chi connectivity index (χ4v) is 3.19. The van der Waals surface area contributed by atoms with Crippen molar-refractivity contribution in [2.24, 2.45) is 5.92 Å². The Balaban J connectivity index is 1.56. The van der Waals surface area contributed by atoms with Gasteiger partial charge in [0.25, 0.3) is 0 Å². The maximum atomic E-state index is 12.5. The number of methoxy groups -OCH3 is 1. The lowest BCUT2D eigenvalue weighted by atomic mass is 10.0. The predicted molar refractivity (Wildman–Crippen MR) is 101 cm³/mol. The molecular formula is C21H24N2O3. The van der Waals surface area contributed by atoms with Crippen molar-refractivity contribution in [3.8, 4) is 5.75 Å². The second-order valence-electron chi connectivity index (χ2n) is 6.66. The van der Waals surface area contributed by atoms with Gasteiger partial charge >= 0.3 is 0 Å². The van der Waals surface area contributed by atoms with E-state index in [1.165, 1.54) is 5.56 Å². The van der Waals surface area contributed by atoms with Crippen LogP contribution >= 0.6 is 0 Å². The lowest BCUT2D eigenvalue weighted by Crippen LogP contribution is -2.35. The Bertz CT molecular complexity index is 759. The number of rotatable bonds is 6. The van der Waals surface area contributed by atoms with Crippen LogP contribution in [0.5, 0.6) is 5.75 Å². The molecule has 0 bridgehead atoms. The number of carbonyl (C=O) groups excluding carboxylic acids is 2. The highest BCUT2D eigenvalue weighted by Crippen LogP contribution is 2.27. The van der Waals surface area contributed by atoms with Gasteiger partial charge in [-0.3, -0.25) is 9.59 Å². The normalized spacial score (nSPS) is 17.8. The molecule has 0 aliphatic carbocycles. The highest BCUT2D eigenvalue weighted by Gasteiger charge is 2.35. The number of ether oxygens (including phenoxy) is 1. The Labute approximate surface area is 154 Å². The highest BCUT2D eigenvalue weighted by molar-refractivity contribution is 6.00. The van der Waals surface area contributed by atoms with Crippen LogP contribution in [0, 0.1) is 5.92 Å². The molecular weight excluding hydrogens is 328 g/mol. The average molecular weight is 352 g/mol. The Morgan fingerprint density at radius 1 is 1.19 bits per heavy atom. The van der Waals surface area contributed by atoms with Crippen molar-refractivity contribution in [1.82, 2.24) is 5.32 Å². The van der Waals surface area contributed by atoms with Gasteiger partial charge in [0.05, 0.1) is 13.0 Å². The lowest BCUT2D eigenvalue weighted by molar-refractivity contribution is -0.126. The molecule has 1 aliphatic rings. The van der Waals surface area contributed by atoms with E-state index in [0.717, 1.165) is 11.4 Å². The van der Waals surface area contributed by atoms with E-state index < -0.39 is 0 Å². The average Bonchev–Trinajstić information content (AvgIpc) is 3.08. The lowest BCUT2D eigenvalue weighted by Gasteiger charge is -2.18. The first-order valence-corrected chi connectivity index (χ1v) is 8.85. The number of hydrogen-bond donors (Lipinski definition) is 1. The zero-order valence-electron chi connectivity index (χ0n) is 15.1. The molecule has 0 spiro atoms. The molecule has 2 aromatic rings. The molecule has 1 aliphatic heterocycles. The number of hydrogen-bond acceptors (Lipinski definition) is 3. The SMILES string of the molecule is COc1ccc(N2C[C@H](C(=O)NC[C@H](C)c3ccccc3)CC2=O)cc1. The summed E-state index contributed by atoms with van der Waals surface area (Å²) in [6.07, 6.45) is 0.248. The van der Waals surface area contributed by atoms with Crippen molar-refractivity contribution in [2.75, 3.05) is 25.1 Å². The van der Waals surface area contributed by atoms with Crippen molar-refractivity contribution in [1.29, 1.82) is 0 Å². The van der Waals surface area contributed by atoms with Crippen molar-refractivity contribution in [3.05, 3.63) is 60.2 Å². The van der Waals surface area contributed by atoms with Crippen molar-refractivity contribution in [2.45, 2.75) is 19.3 Å². The smallest absolute Gasteiger partial charge is 0.227 e. The van der Waals surface area contributed by atoms with Crippen LogP contribution in [0.2, 0.25) is 0 Å². The topological polar surface area (TPSA) is 58.6 Å². The number of nitrogens with one attached hydrogen (secondary N) is 1.